The smallest absolute Gasteiger partial charge is 0.216 e. The number of ketones is 1. The van der Waals surface area contributed by atoms with Crippen LogP contribution >= 0.6 is 31.9 Å². The Labute approximate surface area is 122 Å². The van der Waals surface area contributed by atoms with Crippen LogP contribution in [0.15, 0.2) is 45.5 Å². The summed E-state index contributed by atoms with van der Waals surface area (Å²) in [6.45, 7) is 0.0130. The zero-order chi connectivity index (χ0) is 13.1. The molecule has 2 rings (SSSR count). The van der Waals surface area contributed by atoms with Crippen molar-refractivity contribution in [2.75, 3.05) is 6.61 Å². The van der Waals surface area contributed by atoms with Gasteiger partial charge >= 0.3 is 0 Å². The first-order chi connectivity index (χ1) is 8.59. The predicted octanol–water partition coefficient (Wildman–Crippen LogP) is 3.81. The SMILES string of the molecule is Cn1cccc1C(=O)COc1c(Br)cccc1Br. The Morgan fingerprint density at radius 1 is 1.22 bits per heavy atom. The van der Waals surface area contributed by atoms with Crippen LogP contribution in [0.25, 0.3) is 0 Å². The van der Waals surface area contributed by atoms with Gasteiger partial charge < -0.3 is 9.30 Å². The summed E-state index contributed by atoms with van der Waals surface area (Å²) < 4.78 is 8.96. The van der Waals surface area contributed by atoms with E-state index < -0.39 is 0 Å². The molecular weight excluding hydrogens is 362 g/mol. The Morgan fingerprint density at radius 3 is 2.44 bits per heavy atom. The molecule has 1 aromatic heterocycles. The minimum absolute atomic E-state index is 0.0130. The zero-order valence-electron chi connectivity index (χ0n) is 9.69. The van der Waals surface area contributed by atoms with E-state index in [1.807, 2.05) is 37.5 Å². The van der Waals surface area contributed by atoms with Crippen LogP contribution in [0.4, 0.5) is 0 Å². The summed E-state index contributed by atoms with van der Waals surface area (Å²) in [5, 5.41) is 0. The van der Waals surface area contributed by atoms with Crippen molar-refractivity contribution in [3.05, 3.63) is 51.2 Å². The molecule has 0 saturated carbocycles. The van der Waals surface area contributed by atoms with Crippen molar-refractivity contribution in [2.24, 2.45) is 7.05 Å². The lowest BCUT2D eigenvalue weighted by atomic mass is 10.3. The molecule has 0 saturated heterocycles. The van der Waals surface area contributed by atoms with Crippen molar-refractivity contribution in [3.63, 3.8) is 0 Å². The lowest BCUT2D eigenvalue weighted by Gasteiger charge is -2.09. The fourth-order valence-corrected chi connectivity index (χ4v) is 2.81. The Hall–Kier alpha value is -1.07. The van der Waals surface area contributed by atoms with Gasteiger partial charge in [-0.25, -0.2) is 0 Å². The molecule has 94 valence electrons. The molecule has 0 radical (unpaired) electrons. The van der Waals surface area contributed by atoms with E-state index in [0.717, 1.165) is 8.95 Å². The van der Waals surface area contributed by atoms with Gasteiger partial charge in [-0.1, -0.05) is 6.07 Å². The van der Waals surface area contributed by atoms with Crippen LogP contribution in [0.3, 0.4) is 0 Å². The number of hydrogen-bond donors (Lipinski definition) is 0. The number of Topliss-reactive ketones (excluding diaryl/α,β-unsaturated/α-hetero) is 1. The normalized spacial score (nSPS) is 10.4. The number of carbonyl (C=O) groups is 1. The number of para-hydroxylation sites is 1. The molecular formula is C13H11Br2NO2. The quantitative estimate of drug-likeness (QED) is 0.764. The molecule has 18 heavy (non-hydrogen) atoms. The molecule has 0 aliphatic heterocycles. The van der Waals surface area contributed by atoms with Crippen LogP contribution in [0, 0.1) is 0 Å². The molecule has 0 atom stereocenters. The van der Waals surface area contributed by atoms with Crippen molar-refractivity contribution >= 4 is 37.6 Å². The lowest BCUT2D eigenvalue weighted by Crippen LogP contribution is -2.15. The van der Waals surface area contributed by atoms with E-state index in [9.17, 15) is 4.79 Å². The second-order valence-corrected chi connectivity index (χ2v) is 5.48. The zero-order valence-corrected chi connectivity index (χ0v) is 12.9. The molecule has 0 unspecified atom stereocenters. The first kappa shape index (κ1) is 13.4. The topological polar surface area (TPSA) is 31.2 Å². The van der Waals surface area contributed by atoms with Crippen molar-refractivity contribution in [2.45, 2.75) is 0 Å². The number of ether oxygens (including phenoxy) is 1. The van der Waals surface area contributed by atoms with E-state index in [0.29, 0.717) is 11.4 Å². The fourth-order valence-electron chi connectivity index (χ4n) is 1.58. The Kier molecular flexibility index (Phi) is 4.24. The molecule has 2 aromatic rings. The van der Waals surface area contributed by atoms with Gasteiger partial charge in [-0.15, -0.1) is 0 Å². The molecule has 1 heterocycles. The Bertz CT molecular complexity index is 558. The van der Waals surface area contributed by atoms with Gasteiger partial charge in [0.1, 0.15) is 5.75 Å². The van der Waals surface area contributed by atoms with Gasteiger partial charge in [0, 0.05) is 13.2 Å². The summed E-state index contributed by atoms with van der Waals surface area (Å²) in [6, 6.07) is 9.24. The maximum atomic E-state index is 11.9. The summed E-state index contributed by atoms with van der Waals surface area (Å²) in [7, 11) is 1.83. The van der Waals surface area contributed by atoms with Gasteiger partial charge in [0.15, 0.2) is 6.61 Å². The minimum atomic E-state index is -0.0508. The molecule has 5 heteroatoms. The Balaban J connectivity index is 2.09. The maximum absolute atomic E-state index is 11.9. The van der Waals surface area contributed by atoms with Crippen LogP contribution < -0.4 is 4.74 Å². The predicted molar refractivity (Wildman–Crippen MR) is 77.1 cm³/mol. The third-order valence-electron chi connectivity index (χ3n) is 2.50. The highest BCUT2D eigenvalue weighted by atomic mass is 79.9. The number of hydrogen-bond acceptors (Lipinski definition) is 2. The highest BCUT2D eigenvalue weighted by Gasteiger charge is 2.12. The van der Waals surface area contributed by atoms with Crippen LogP contribution in [-0.2, 0) is 7.05 Å². The van der Waals surface area contributed by atoms with Gasteiger partial charge in [0.05, 0.1) is 14.6 Å². The summed E-state index contributed by atoms with van der Waals surface area (Å²) in [5.74, 6) is 0.588. The molecule has 0 fully saturated rings. The molecule has 3 nitrogen and oxygen atoms in total. The maximum Gasteiger partial charge on any atom is 0.216 e. The first-order valence-corrected chi connectivity index (χ1v) is 6.89. The third kappa shape index (κ3) is 2.84. The van der Waals surface area contributed by atoms with E-state index in [1.54, 1.807) is 10.6 Å². The second-order valence-electron chi connectivity index (χ2n) is 3.77. The van der Waals surface area contributed by atoms with E-state index in [4.69, 9.17) is 4.74 Å². The van der Waals surface area contributed by atoms with E-state index in [-0.39, 0.29) is 12.4 Å². The molecule has 0 amide bonds. The molecule has 0 aliphatic rings. The first-order valence-electron chi connectivity index (χ1n) is 5.31. The van der Waals surface area contributed by atoms with Crippen molar-refractivity contribution < 1.29 is 9.53 Å². The average molecular weight is 373 g/mol. The van der Waals surface area contributed by atoms with Crippen molar-refractivity contribution in [1.82, 2.24) is 4.57 Å². The van der Waals surface area contributed by atoms with E-state index in [2.05, 4.69) is 31.9 Å². The van der Waals surface area contributed by atoms with E-state index in [1.165, 1.54) is 0 Å². The van der Waals surface area contributed by atoms with E-state index >= 15 is 0 Å². The van der Waals surface area contributed by atoms with Crippen LogP contribution in [0.5, 0.6) is 5.75 Å². The molecule has 0 aliphatic carbocycles. The monoisotopic (exact) mass is 371 g/mol. The molecule has 0 spiro atoms. The number of carbonyl (C=O) groups excluding carboxylic acids is 1. The third-order valence-corrected chi connectivity index (χ3v) is 3.74. The standard InChI is InChI=1S/C13H11Br2NO2/c1-16-7-3-6-11(16)12(17)8-18-13-9(14)4-2-5-10(13)15/h2-7H,8H2,1H3. The largest absolute Gasteiger partial charge is 0.483 e. The van der Waals surface area contributed by atoms with Crippen molar-refractivity contribution in [3.8, 4) is 5.75 Å². The number of halogens is 2. The summed E-state index contributed by atoms with van der Waals surface area (Å²) in [6.07, 6.45) is 1.83. The summed E-state index contributed by atoms with van der Waals surface area (Å²) in [5.41, 5.74) is 0.637. The van der Waals surface area contributed by atoms with Crippen LogP contribution in [0.2, 0.25) is 0 Å². The van der Waals surface area contributed by atoms with Gasteiger partial charge in [-0.3, -0.25) is 4.79 Å². The molecule has 0 bridgehead atoms. The van der Waals surface area contributed by atoms with Gasteiger partial charge in [-0.2, -0.15) is 0 Å². The highest BCUT2D eigenvalue weighted by Crippen LogP contribution is 2.32. The number of rotatable bonds is 4. The Morgan fingerprint density at radius 2 is 1.89 bits per heavy atom. The van der Waals surface area contributed by atoms with Gasteiger partial charge in [-0.05, 0) is 56.1 Å². The highest BCUT2D eigenvalue weighted by molar-refractivity contribution is 9.11. The minimum Gasteiger partial charge on any atom is -0.483 e. The number of nitrogens with zero attached hydrogens (tertiary/aromatic N) is 1. The summed E-state index contributed by atoms with van der Waals surface area (Å²) in [4.78, 5) is 11.9. The number of aromatic nitrogens is 1. The molecule has 0 N–H and O–H groups in total. The van der Waals surface area contributed by atoms with Gasteiger partial charge in [0.2, 0.25) is 5.78 Å². The average Bonchev–Trinajstić information content (AvgIpc) is 2.74. The van der Waals surface area contributed by atoms with Crippen LogP contribution in [0.1, 0.15) is 10.5 Å². The molecule has 1 aromatic carbocycles. The summed E-state index contributed by atoms with van der Waals surface area (Å²) >= 11 is 6.78. The fraction of sp³-hybridized carbons (Fsp3) is 0.154. The number of benzene rings is 1. The lowest BCUT2D eigenvalue weighted by molar-refractivity contribution is 0.0912. The van der Waals surface area contributed by atoms with Crippen LogP contribution in [-0.4, -0.2) is 17.0 Å². The van der Waals surface area contributed by atoms with Gasteiger partial charge in [0.25, 0.3) is 0 Å². The number of aryl methyl sites for hydroxylation is 1. The second kappa shape index (κ2) is 5.71. The van der Waals surface area contributed by atoms with Crippen molar-refractivity contribution in [1.29, 1.82) is 0 Å².